The molecule has 18 heavy (non-hydrogen) atoms. The third-order valence-electron chi connectivity index (χ3n) is 3.71. The maximum Gasteiger partial charge on any atom is 0.179 e. The van der Waals surface area contributed by atoms with Crippen LogP contribution in [-0.4, -0.2) is 29.3 Å². The summed E-state index contributed by atoms with van der Waals surface area (Å²) in [5.41, 5.74) is 0.570. The minimum absolute atomic E-state index is 0.0790. The molecule has 5 heteroatoms. The molecular weight excluding hydrogens is 289 g/mol. The predicted octanol–water partition coefficient (Wildman–Crippen LogP) is 4.50. The van der Waals surface area contributed by atoms with Gasteiger partial charge >= 0.3 is 0 Å². The van der Waals surface area contributed by atoms with Crippen molar-refractivity contribution in [1.82, 2.24) is 4.90 Å². The largest absolute Gasteiger partial charge is 0.293 e. The quantitative estimate of drug-likeness (QED) is 0.763. The van der Waals surface area contributed by atoms with Gasteiger partial charge in [0.05, 0.1) is 16.4 Å². The Balaban J connectivity index is 2.09. The molecule has 2 nitrogen and oxygen atoms in total. The Morgan fingerprint density at radius 2 is 2.22 bits per heavy atom. The van der Waals surface area contributed by atoms with Crippen LogP contribution in [0, 0.1) is 0 Å². The lowest BCUT2D eigenvalue weighted by Crippen LogP contribution is -2.38. The molecule has 2 unspecified atom stereocenters. The van der Waals surface area contributed by atoms with E-state index in [1.54, 1.807) is 6.07 Å². The van der Waals surface area contributed by atoms with Crippen molar-refractivity contribution in [2.24, 2.45) is 0 Å². The van der Waals surface area contributed by atoms with E-state index in [-0.39, 0.29) is 5.78 Å². The van der Waals surface area contributed by atoms with Gasteiger partial charge in [-0.3, -0.25) is 9.69 Å². The third kappa shape index (κ3) is 2.90. The number of rotatable bonds is 4. The summed E-state index contributed by atoms with van der Waals surface area (Å²) in [4.78, 5) is 14.6. The number of ketones is 1. The van der Waals surface area contributed by atoms with E-state index in [2.05, 4.69) is 18.7 Å². The van der Waals surface area contributed by atoms with Crippen molar-refractivity contribution in [3.05, 3.63) is 20.3 Å². The Morgan fingerprint density at radius 3 is 2.78 bits per heavy atom. The van der Waals surface area contributed by atoms with E-state index < -0.39 is 0 Å². The number of hydrogen-bond acceptors (Lipinski definition) is 3. The number of thiophene rings is 1. The van der Waals surface area contributed by atoms with Crippen LogP contribution in [-0.2, 0) is 0 Å². The highest BCUT2D eigenvalue weighted by molar-refractivity contribution is 7.20. The molecule has 1 saturated heterocycles. The highest BCUT2D eigenvalue weighted by atomic mass is 35.5. The fraction of sp³-hybridized carbons (Fsp3) is 0.615. The average Bonchev–Trinajstić information content (AvgIpc) is 2.83. The fourth-order valence-electron chi connectivity index (χ4n) is 2.63. The van der Waals surface area contributed by atoms with Crippen LogP contribution < -0.4 is 0 Å². The van der Waals surface area contributed by atoms with Crippen molar-refractivity contribution >= 4 is 40.3 Å². The zero-order valence-electron chi connectivity index (χ0n) is 10.6. The number of carbonyl (C=O) groups is 1. The number of likely N-dealkylation sites (tertiary alicyclic amines) is 1. The summed E-state index contributed by atoms with van der Waals surface area (Å²) in [5, 5.41) is 0. The number of nitrogens with zero attached hydrogens (tertiary/aromatic N) is 1. The monoisotopic (exact) mass is 305 g/mol. The molecule has 1 aliphatic rings. The minimum Gasteiger partial charge on any atom is -0.293 e. The Hall–Kier alpha value is -0.0900. The first-order chi connectivity index (χ1) is 8.52. The van der Waals surface area contributed by atoms with Crippen LogP contribution in [0.4, 0.5) is 0 Å². The zero-order chi connectivity index (χ0) is 13.3. The molecule has 0 bridgehead atoms. The van der Waals surface area contributed by atoms with Crippen LogP contribution in [0.15, 0.2) is 6.07 Å². The van der Waals surface area contributed by atoms with Gasteiger partial charge in [0.2, 0.25) is 0 Å². The van der Waals surface area contributed by atoms with Crippen LogP contribution in [0.3, 0.4) is 0 Å². The molecule has 0 spiro atoms. The molecule has 0 radical (unpaired) electrons. The van der Waals surface area contributed by atoms with E-state index in [1.165, 1.54) is 24.2 Å². The summed E-state index contributed by atoms with van der Waals surface area (Å²) in [6.07, 6.45) is 3.45. The van der Waals surface area contributed by atoms with Gasteiger partial charge in [-0.1, -0.05) is 30.1 Å². The Kier molecular flexibility index (Phi) is 4.70. The molecular formula is C13H17Cl2NOS. The predicted molar refractivity (Wildman–Crippen MR) is 78.2 cm³/mol. The molecule has 2 atom stereocenters. The average molecular weight is 306 g/mol. The smallest absolute Gasteiger partial charge is 0.179 e. The van der Waals surface area contributed by atoms with Gasteiger partial charge in [-0.15, -0.1) is 11.3 Å². The van der Waals surface area contributed by atoms with E-state index in [0.717, 1.165) is 6.42 Å². The van der Waals surface area contributed by atoms with Crippen molar-refractivity contribution in [2.75, 3.05) is 6.54 Å². The van der Waals surface area contributed by atoms with Crippen molar-refractivity contribution < 1.29 is 4.79 Å². The summed E-state index contributed by atoms with van der Waals surface area (Å²) in [7, 11) is 0. The maximum atomic E-state index is 12.3. The SMILES string of the molecule is CCC1CCC(C)N1CC(=O)c1cc(Cl)sc1Cl. The Bertz CT molecular complexity index is 446. The lowest BCUT2D eigenvalue weighted by atomic mass is 10.1. The van der Waals surface area contributed by atoms with E-state index >= 15 is 0 Å². The molecule has 0 amide bonds. The summed E-state index contributed by atoms with van der Waals surface area (Å²) >= 11 is 13.2. The van der Waals surface area contributed by atoms with Crippen molar-refractivity contribution in [3.8, 4) is 0 Å². The lowest BCUT2D eigenvalue weighted by molar-refractivity contribution is 0.0889. The van der Waals surface area contributed by atoms with Crippen molar-refractivity contribution in [1.29, 1.82) is 0 Å². The first kappa shape index (κ1) is 14.3. The normalized spacial score (nSPS) is 24.7. The first-order valence-corrected chi connectivity index (χ1v) is 7.84. The van der Waals surface area contributed by atoms with Crippen LogP contribution >= 0.6 is 34.5 Å². The van der Waals surface area contributed by atoms with Gasteiger partial charge in [-0.2, -0.15) is 0 Å². The minimum atomic E-state index is 0.0790. The Labute approximate surface area is 122 Å². The van der Waals surface area contributed by atoms with E-state index in [0.29, 0.717) is 32.9 Å². The number of carbonyl (C=O) groups excluding carboxylic acids is 1. The molecule has 1 aromatic rings. The zero-order valence-corrected chi connectivity index (χ0v) is 12.9. The second-order valence-corrected chi connectivity index (χ2v) is 7.11. The van der Waals surface area contributed by atoms with Crippen LogP contribution in [0.1, 0.15) is 43.5 Å². The van der Waals surface area contributed by atoms with Gasteiger partial charge in [-0.05, 0) is 32.3 Å². The number of hydrogen-bond donors (Lipinski definition) is 0. The fourth-order valence-corrected chi connectivity index (χ4v) is 4.13. The lowest BCUT2D eigenvalue weighted by Gasteiger charge is -2.26. The summed E-state index contributed by atoms with van der Waals surface area (Å²) in [6.45, 7) is 4.81. The number of halogens is 2. The summed E-state index contributed by atoms with van der Waals surface area (Å²) in [6, 6.07) is 2.68. The molecule has 100 valence electrons. The van der Waals surface area contributed by atoms with Crippen LogP contribution in [0.25, 0.3) is 0 Å². The molecule has 0 aromatic carbocycles. The molecule has 1 fully saturated rings. The van der Waals surface area contributed by atoms with E-state index in [4.69, 9.17) is 23.2 Å². The first-order valence-electron chi connectivity index (χ1n) is 6.26. The highest BCUT2D eigenvalue weighted by Gasteiger charge is 2.31. The number of Topliss-reactive ketones (excluding diaryl/α,β-unsaturated/α-hetero) is 1. The van der Waals surface area contributed by atoms with Gasteiger partial charge in [0, 0.05) is 12.1 Å². The third-order valence-corrected chi connectivity index (χ3v) is 5.19. The highest BCUT2D eigenvalue weighted by Crippen LogP contribution is 2.32. The molecule has 0 N–H and O–H groups in total. The van der Waals surface area contributed by atoms with E-state index in [1.807, 2.05) is 0 Å². The molecule has 0 aliphatic carbocycles. The Morgan fingerprint density at radius 1 is 1.50 bits per heavy atom. The summed E-state index contributed by atoms with van der Waals surface area (Å²) < 4.78 is 1.08. The molecule has 0 saturated carbocycles. The van der Waals surface area contributed by atoms with Gasteiger partial charge < -0.3 is 0 Å². The topological polar surface area (TPSA) is 20.3 Å². The molecule has 2 rings (SSSR count). The van der Waals surface area contributed by atoms with Gasteiger partial charge in [-0.25, -0.2) is 0 Å². The van der Waals surface area contributed by atoms with E-state index in [9.17, 15) is 4.79 Å². The second-order valence-electron chi connectivity index (χ2n) is 4.82. The summed E-state index contributed by atoms with van der Waals surface area (Å²) in [5.74, 6) is 0.0790. The van der Waals surface area contributed by atoms with Gasteiger partial charge in [0.1, 0.15) is 4.34 Å². The van der Waals surface area contributed by atoms with Crippen molar-refractivity contribution in [3.63, 3.8) is 0 Å². The van der Waals surface area contributed by atoms with Crippen LogP contribution in [0.2, 0.25) is 8.67 Å². The standard InChI is InChI=1S/C13H17Cl2NOS/c1-3-9-5-4-8(2)16(9)7-11(17)10-6-12(14)18-13(10)15/h6,8-9H,3-5,7H2,1-2H3. The molecule has 1 aliphatic heterocycles. The molecule has 1 aromatic heterocycles. The van der Waals surface area contributed by atoms with Gasteiger partial charge in [0.25, 0.3) is 0 Å². The maximum absolute atomic E-state index is 12.3. The van der Waals surface area contributed by atoms with Crippen LogP contribution in [0.5, 0.6) is 0 Å². The van der Waals surface area contributed by atoms with Crippen molar-refractivity contribution in [2.45, 2.75) is 45.2 Å². The molecule has 2 heterocycles. The van der Waals surface area contributed by atoms with Gasteiger partial charge in [0.15, 0.2) is 5.78 Å². The second kappa shape index (κ2) is 5.91.